The molecule has 0 heterocycles. The molecule has 5 nitrogen and oxygen atoms in total. The maximum absolute atomic E-state index is 12.9. The van der Waals surface area contributed by atoms with Gasteiger partial charge in [0.05, 0.1) is 18.0 Å². The lowest BCUT2D eigenvalue weighted by molar-refractivity contribution is -0.114. The number of carbonyl (C=O) groups is 1. The van der Waals surface area contributed by atoms with Crippen LogP contribution in [0.2, 0.25) is 0 Å². The number of sulfonamides is 1. The zero-order valence-electron chi connectivity index (χ0n) is 17.5. The van der Waals surface area contributed by atoms with Crippen LogP contribution in [0.3, 0.4) is 0 Å². The van der Waals surface area contributed by atoms with Gasteiger partial charge in [0.1, 0.15) is 5.75 Å². The molecule has 0 aliphatic carbocycles. The van der Waals surface area contributed by atoms with Crippen LogP contribution in [0.15, 0.2) is 89.8 Å². The predicted molar refractivity (Wildman–Crippen MR) is 122 cm³/mol. The molecule has 3 rings (SSSR count). The van der Waals surface area contributed by atoms with Crippen LogP contribution in [0, 0.1) is 6.92 Å². The number of hydrogen-bond acceptors (Lipinski definition) is 4. The van der Waals surface area contributed by atoms with Crippen molar-refractivity contribution in [2.24, 2.45) is 0 Å². The molecule has 1 N–H and O–H groups in total. The van der Waals surface area contributed by atoms with E-state index in [2.05, 4.69) is 4.72 Å². The van der Waals surface area contributed by atoms with Crippen molar-refractivity contribution in [3.8, 4) is 5.75 Å². The summed E-state index contributed by atoms with van der Waals surface area (Å²) in [4.78, 5) is 12.8. The Labute approximate surface area is 183 Å². The fourth-order valence-corrected chi connectivity index (χ4v) is 4.31. The van der Waals surface area contributed by atoms with Crippen molar-refractivity contribution in [1.82, 2.24) is 4.72 Å². The summed E-state index contributed by atoms with van der Waals surface area (Å²) in [5.74, 6) is 0.505. The number of rotatable bonds is 9. The number of hydrogen-bond donors (Lipinski definition) is 1. The van der Waals surface area contributed by atoms with Crippen LogP contribution in [-0.2, 0) is 14.8 Å². The van der Waals surface area contributed by atoms with Crippen molar-refractivity contribution in [3.05, 3.63) is 102 Å². The molecule has 0 spiro atoms. The standard InChI is InChI=1S/C25H25NO4S/c1-19-11-15-24(16-12-19)31(28,29)26-25(21-8-4-3-5-9-21)18-22(27)14-13-20-7-6-10-23(17-20)30-2/h3-17,25-26H,18H2,1-2H3/b14-13+. The molecule has 0 aliphatic rings. The number of methoxy groups -OCH3 is 1. The van der Waals surface area contributed by atoms with E-state index >= 15 is 0 Å². The normalized spacial score (nSPS) is 12.6. The Morgan fingerprint density at radius 2 is 1.71 bits per heavy atom. The highest BCUT2D eigenvalue weighted by Crippen LogP contribution is 2.22. The van der Waals surface area contributed by atoms with Crippen LogP contribution in [-0.4, -0.2) is 21.3 Å². The van der Waals surface area contributed by atoms with Gasteiger partial charge in [-0.25, -0.2) is 13.1 Å². The van der Waals surface area contributed by atoms with E-state index in [4.69, 9.17) is 4.74 Å². The first kappa shape index (κ1) is 22.5. The topological polar surface area (TPSA) is 72.5 Å². The minimum absolute atomic E-state index is 0.00439. The summed E-state index contributed by atoms with van der Waals surface area (Å²) in [7, 11) is -2.21. The smallest absolute Gasteiger partial charge is 0.241 e. The quantitative estimate of drug-likeness (QED) is 0.495. The van der Waals surface area contributed by atoms with E-state index in [1.165, 1.54) is 6.08 Å². The van der Waals surface area contributed by atoms with E-state index < -0.39 is 16.1 Å². The second-order valence-corrected chi connectivity index (χ2v) is 8.89. The maximum Gasteiger partial charge on any atom is 0.241 e. The summed E-state index contributed by atoms with van der Waals surface area (Å²) >= 11 is 0. The van der Waals surface area contributed by atoms with Gasteiger partial charge in [-0.15, -0.1) is 0 Å². The van der Waals surface area contributed by atoms with Crippen molar-refractivity contribution in [2.75, 3.05) is 7.11 Å². The molecule has 0 aliphatic heterocycles. The number of aryl methyl sites for hydroxylation is 1. The van der Waals surface area contributed by atoms with Crippen LogP contribution in [0.5, 0.6) is 5.75 Å². The molecule has 160 valence electrons. The predicted octanol–water partition coefficient (Wildman–Crippen LogP) is 4.70. The van der Waals surface area contributed by atoms with Crippen molar-refractivity contribution in [3.63, 3.8) is 0 Å². The van der Waals surface area contributed by atoms with Crippen LogP contribution < -0.4 is 9.46 Å². The number of ether oxygens (including phenoxy) is 1. The van der Waals surface area contributed by atoms with Crippen LogP contribution >= 0.6 is 0 Å². The molecule has 3 aromatic carbocycles. The highest BCUT2D eigenvalue weighted by atomic mass is 32.2. The molecule has 0 saturated carbocycles. The Kier molecular flexibility index (Phi) is 7.39. The molecule has 1 atom stereocenters. The molecule has 0 aromatic heterocycles. The van der Waals surface area contributed by atoms with E-state index in [0.717, 1.165) is 16.7 Å². The van der Waals surface area contributed by atoms with Gasteiger partial charge in [-0.05, 0) is 48.4 Å². The maximum atomic E-state index is 12.9. The van der Waals surface area contributed by atoms with E-state index in [1.54, 1.807) is 49.6 Å². The van der Waals surface area contributed by atoms with Crippen molar-refractivity contribution >= 4 is 21.9 Å². The second kappa shape index (κ2) is 10.2. The number of allylic oxidation sites excluding steroid dienone is 1. The molecular formula is C25H25NO4S. The fraction of sp³-hybridized carbons (Fsp3) is 0.160. The lowest BCUT2D eigenvalue weighted by Crippen LogP contribution is -2.30. The Morgan fingerprint density at radius 1 is 1.00 bits per heavy atom. The lowest BCUT2D eigenvalue weighted by atomic mass is 10.0. The first-order valence-electron chi connectivity index (χ1n) is 9.86. The molecule has 3 aromatic rings. The number of ketones is 1. The Hall–Kier alpha value is -3.22. The fourth-order valence-electron chi connectivity index (χ4n) is 3.09. The first-order valence-corrected chi connectivity index (χ1v) is 11.3. The lowest BCUT2D eigenvalue weighted by Gasteiger charge is -2.18. The van der Waals surface area contributed by atoms with Crippen LogP contribution in [0.25, 0.3) is 6.08 Å². The van der Waals surface area contributed by atoms with Gasteiger partial charge in [0.2, 0.25) is 10.0 Å². The molecule has 1 unspecified atom stereocenters. The Morgan fingerprint density at radius 3 is 2.39 bits per heavy atom. The molecule has 0 bridgehead atoms. The molecule has 0 amide bonds. The summed E-state index contributed by atoms with van der Waals surface area (Å²) in [5, 5.41) is 0. The Bertz CT molecular complexity index is 1150. The van der Waals surface area contributed by atoms with Gasteiger partial charge in [-0.2, -0.15) is 0 Å². The van der Waals surface area contributed by atoms with Crippen LogP contribution in [0.4, 0.5) is 0 Å². The van der Waals surface area contributed by atoms with Gasteiger partial charge in [0, 0.05) is 6.42 Å². The third-order valence-corrected chi connectivity index (χ3v) is 6.28. The van der Waals surface area contributed by atoms with Gasteiger partial charge in [0.25, 0.3) is 0 Å². The summed E-state index contributed by atoms with van der Waals surface area (Å²) in [5.41, 5.74) is 2.52. The summed E-state index contributed by atoms with van der Waals surface area (Å²) in [6.45, 7) is 1.89. The van der Waals surface area contributed by atoms with E-state index in [1.807, 2.05) is 49.4 Å². The van der Waals surface area contributed by atoms with Crippen LogP contribution in [0.1, 0.15) is 29.2 Å². The Balaban J connectivity index is 1.80. The third kappa shape index (κ3) is 6.38. The van der Waals surface area contributed by atoms with E-state index in [9.17, 15) is 13.2 Å². The average Bonchev–Trinajstić information content (AvgIpc) is 2.78. The molecule has 0 radical (unpaired) electrons. The molecule has 31 heavy (non-hydrogen) atoms. The number of carbonyl (C=O) groups excluding carboxylic acids is 1. The third-order valence-electron chi connectivity index (χ3n) is 4.79. The minimum Gasteiger partial charge on any atom is -0.497 e. The first-order chi connectivity index (χ1) is 14.9. The van der Waals surface area contributed by atoms with Gasteiger partial charge in [-0.3, -0.25) is 4.79 Å². The largest absolute Gasteiger partial charge is 0.497 e. The molecule has 0 saturated heterocycles. The summed E-state index contributed by atoms with van der Waals surface area (Å²) < 4.78 is 33.7. The summed E-state index contributed by atoms with van der Waals surface area (Å²) in [6, 6.07) is 22.4. The van der Waals surface area contributed by atoms with Crippen molar-refractivity contribution in [1.29, 1.82) is 0 Å². The van der Waals surface area contributed by atoms with Crippen molar-refractivity contribution in [2.45, 2.75) is 24.3 Å². The van der Waals surface area contributed by atoms with Gasteiger partial charge in [0.15, 0.2) is 5.78 Å². The average molecular weight is 436 g/mol. The van der Waals surface area contributed by atoms with E-state index in [-0.39, 0.29) is 17.1 Å². The highest BCUT2D eigenvalue weighted by molar-refractivity contribution is 7.89. The van der Waals surface area contributed by atoms with Gasteiger partial charge >= 0.3 is 0 Å². The zero-order chi connectivity index (χ0) is 22.3. The van der Waals surface area contributed by atoms with E-state index in [0.29, 0.717) is 5.75 Å². The molecular weight excluding hydrogens is 410 g/mol. The van der Waals surface area contributed by atoms with Gasteiger partial charge in [-0.1, -0.05) is 66.2 Å². The SMILES string of the molecule is COc1cccc(/C=C/C(=O)CC(NS(=O)(=O)c2ccc(C)cc2)c2ccccc2)c1. The second-order valence-electron chi connectivity index (χ2n) is 7.18. The van der Waals surface area contributed by atoms with Gasteiger partial charge < -0.3 is 4.74 Å². The highest BCUT2D eigenvalue weighted by Gasteiger charge is 2.23. The number of benzene rings is 3. The monoisotopic (exact) mass is 435 g/mol. The molecule has 6 heteroatoms. The minimum atomic E-state index is -3.79. The van der Waals surface area contributed by atoms with Crippen molar-refractivity contribution < 1.29 is 17.9 Å². The zero-order valence-corrected chi connectivity index (χ0v) is 18.3. The number of nitrogens with one attached hydrogen (secondary N) is 1. The summed E-state index contributed by atoms with van der Waals surface area (Å²) in [6.07, 6.45) is 3.15. The molecule has 0 fully saturated rings.